The lowest BCUT2D eigenvalue weighted by Gasteiger charge is -2.35. The molecule has 2 aromatic heterocycles. The van der Waals surface area contributed by atoms with Crippen LogP contribution in [0.5, 0.6) is 0 Å². The van der Waals surface area contributed by atoms with Gasteiger partial charge in [0, 0.05) is 45.0 Å². The van der Waals surface area contributed by atoms with Gasteiger partial charge < -0.3 is 19.7 Å². The molecule has 0 spiro atoms. The average Bonchev–Trinajstić information content (AvgIpc) is 2.68. The van der Waals surface area contributed by atoms with Crippen molar-refractivity contribution < 1.29 is 9.59 Å². The molecule has 0 radical (unpaired) electrons. The molecule has 142 valence electrons. The van der Waals surface area contributed by atoms with E-state index in [1.165, 1.54) is 11.5 Å². The molecule has 8 nitrogen and oxygen atoms in total. The van der Waals surface area contributed by atoms with Crippen molar-refractivity contribution in [2.24, 2.45) is 0 Å². The van der Waals surface area contributed by atoms with E-state index in [9.17, 15) is 14.4 Å². The van der Waals surface area contributed by atoms with E-state index in [-0.39, 0.29) is 29.6 Å². The normalized spacial score (nSPS) is 14.1. The minimum Gasteiger partial charge on any atom is -0.353 e. The van der Waals surface area contributed by atoms with Crippen LogP contribution < -0.4 is 15.8 Å². The zero-order valence-corrected chi connectivity index (χ0v) is 15.5. The van der Waals surface area contributed by atoms with Gasteiger partial charge in [0.05, 0.1) is 0 Å². The summed E-state index contributed by atoms with van der Waals surface area (Å²) in [6.07, 6.45) is 1.75. The summed E-state index contributed by atoms with van der Waals surface area (Å²) in [5.74, 6) is 0.472. The van der Waals surface area contributed by atoms with Gasteiger partial charge in [0.1, 0.15) is 18.1 Å². The maximum atomic E-state index is 12.7. The molecule has 8 heteroatoms. The first-order valence-corrected chi connectivity index (χ1v) is 8.87. The summed E-state index contributed by atoms with van der Waals surface area (Å²) in [6, 6.07) is 9.05. The molecule has 0 saturated carbocycles. The third-order valence-electron chi connectivity index (χ3n) is 4.60. The summed E-state index contributed by atoms with van der Waals surface area (Å²) in [5, 5.41) is 2.51. The average molecular weight is 369 g/mol. The topological polar surface area (TPSA) is 87.5 Å². The van der Waals surface area contributed by atoms with Crippen LogP contribution in [0.15, 0.2) is 41.3 Å². The monoisotopic (exact) mass is 369 g/mol. The lowest BCUT2D eigenvalue weighted by Crippen LogP contribution is -2.50. The van der Waals surface area contributed by atoms with Crippen LogP contribution in [-0.4, -0.2) is 52.4 Å². The van der Waals surface area contributed by atoms with E-state index in [2.05, 4.69) is 15.2 Å². The second-order valence-electron chi connectivity index (χ2n) is 6.52. The molecule has 1 fully saturated rings. The molecule has 0 atom stereocenters. The summed E-state index contributed by atoms with van der Waals surface area (Å²) in [4.78, 5) is 44.7. The summed E-state index contributed by atoms with van der Waals surface area (Å²) < 4.78 is 1.40. The number of aryl methyl sites for hydroxylation is 1. The van der Waals surface area contributed by atoms with Crippen molar-refractivity contribution >= 4 is 23.3 Å². The molecule has 27 heavy (non-hydrogen) atoms. The molecule has 1 aliphatic heterocycles. The van der Waals surface area contributed by atoms with Crippen LogP contribution in [0.25, 0.3) is 0 Å². The maximum Gasteiger partial charge on any atom is 0.274 e. The Kier molecular flexibility index (Phi) is 5.54. The van der Waals surface area contributed by atoms with Gasteiger partial charge >= 0.3 is 0 Å². The van der Waals surface area contributed by atoms with Crippen molar-refractivity contribution in [2.75, 3.05) is 36.4 Å². The highest BCUT2D eigenvalue weighted by atomic mass is 16.2. The molecule has 1 saturated heterocycles. The Morgan fingerprint density at radius 1 is 1.11 bits per heavy atom. The number of amides is 2. The second-order valence-corrected chi connectivity index (χ2v) is 6.52. The summed E-state index contributed by atoms with van der Waals surface area (Å²) in [6.45, 7) is 5.62. The molecule has 0 aromatic carbocycles. The number of nitrogens with zero attached hydrogens (tertiary/aromatic N) is 4. The van der Waals surface area contributed by atoms with E-state index in [1.807, 2.05) is 18.2 Å². The van der Waals surface area contributed by atoms with Crippen molar-refractivity contribution in [3.8, 4) is 0 Å². The molecule has 0 aliphatic carbocycles. The Hall–Kier alpha value is -3.16. The molecule has 2 aromatic rings. The molecule has 0 bridgehead atoms. The number of carbonyl (C=O) groups is 2. The largest absolute Gasteiger partial charge is 0.353 e. The van der Waals surface area contributed by atoms with Gasteiger partial charge in [-0.05, 0) is 31.2 Å². The van der Waals surface area contributed by atoms with Crippen molar-refractivity contribution in [3.05, 3.63) is 52.6 Å². The smallest absolute Gasteiger partial charge is 0.274 e. The van der Waals surface area contributed by atoms with E-state index in [0.717, 1.165) is 5.82 Å². The van der Waals surface area contributed by atoms with Crippen LogP contribution in [0.3, 0.4) is 0 Å². The number of rotatable bonds is 4. The number of carbonyl (C=O) groups excluding carboxylic acids is 2. The Balaban J connectivity index is 1.66. The summed E-state index contributed by atoms with van der Waals surface area (Å²) in [7, 11) is 0. The highest BCUT2D eigenvalue weighted by Gasteiger charge is 2.22. The molecule has 2 amide bonds. The number of pyridine rings is 2. The number of hydrogen-bond acceptors (Lipinski definition) is 5. The Morgan fingerprint density at radius 2 is 1.85 bits per heavy atom. The van der Waals surface area contributed by atoms with E-state index in [1.54, 1.807) is 30.2 Å². The van der Waals surface area contributed by atoms with Crippen molar-refractivity contribution in [3.63, 3.8) is 0 Å². The Morgan fingerprint density at radius 3 is 2.48 bits per heavy atom. The van der Waals surface area contributed by atoms with Crippen LogP contribution in [0.4, 0.5) is 11.5 Å². The molecular formula is C19H23N5O3. The first kappa shape index (κ1) is 18.6. The Bertz CT molecular complexity index is 886. The van der Waals surface area contributed by atoms with Crippen LogP contribution in [0.1, 0.15) is 12.6 Å². The molecule has 0 unspecified atom stereocenters. The quantitative estimate of drug-likeness (QED) is 0.864. The lowest BCUT2D eigenvalue weighted by atomic mass is 10.2. The predicted molar refractivity (Wildman–Crippen MR) is 103 cm³/mol. The predicted octanol–water partition coefficient (Wildman–Crippen LogP) is 0.859. The van der Waals surface area contributed by atoms with E-state index >= 15 is 0 Å². The highest BCUT2D eigenvalue weighted by Crippen LogP contribution is 2.13. The van der Waals surface area contributed by atoms with Gasteiger partial charge in [-0.15, -0.1) is 0 Å². The fourth-order valence-electron chi connectivity index (χ4n) is 3.11. The fourth-order valence-corrected chi connectivity index (χ4v) is 3.11. The number of hydrogen-bond donors (Lipinski definition) is 1. The van der Waals surface area contributed by atoms with Crippen LogP contribution >= 0.6 is 0 Å². The van der Waals surface area contributed by atoms with Gasteiger partial charge in [-0.25, -0.2) is 4.98 Å². The second kappa shape index (κ2) is 8.03. The maximum absolute atomic E-state index is 12.7. The zero-order valence-electron chi connectivity index (χ0n) is 15.5. The summed E-state index contributed by atoms with van der Waals surface area (Å²) >= 11 is 0. The number of nitrogens with one attached hydrogen (secondary N) is 1. The highest BCUT2D eigenvalue weighted by molar-refractivity contribution is 5.88. The van der Waals surface area contributed by atoms with Gasteiger partial charge in [-0.2, -0.15) is 0 Å². The van der Waals surface area contributed by atoms with E-state index in [0.29, 0.717) is 31.9 Å². The van der Waals surface area contributed by atoms with Gasteiger partial charge in [0.25, 0.3) is 5.56 Å². The van der Waals surface area contributed by atoms with Gasteiger partial charge in [0.2, 0.25) is 11.8 Å². The molecule has 3 rings (SSSR count). The minimum absolute atomic E-state index is 0.0400. The zero-order chi connectivity index (χ0) is 19.4. The van der Waals surface area contributed by atoms with Crippen LogP contribution in [-0.2, 0) is 16.1 Å². The molecule has 3 heterocycles. The number of piperazine rings is 1. The SMILES string of the molecule is CC(=O)Nc1ccc(C)n(CC(=O)N2CCN(c3ccccn3)CC2)c1=O. The van der Waals surface area contributed by atoms with Crippen LogP contribution in [0.2, 0.25) is 0 Å². The fraction of sp³-hybridized carbons (Fsp3) is 0.368. The lowest BCUT2D eigenvalue weighted by molar-refractivity contribution is -0.132. The molecule has 1 aliphatic rings. The molecular weight excluding hydrogens is 346 g/mol. The number of aromatic nitrogens is 2. The van der Waals surface area contributed by atoms with Crippen molar-refractivity contribution in [2.45, 2.75) is 20.4 Å². The van der Waals surface area contributed by atoms with Gasteiger partial charge in [-0.3, -0.25) is 14.4 Å². The van der Waals surface area contributed by atoms with Crippen molar-refractivity contribution in [1.29, 1.82) is 0 Å². The first-order valence-electron chi connectivity index (χ1n) is 8.87. The number of anilines is 2. The standard InChI is InChI=1S/C19H23N5O3/c1-14-6-7-16(21-15(2)25)19(27)24(14)13-18(26)23-11-9-22(10-12-23)17-5-3-4-8-20-17/h3-8H,9-13H2,1-2H3,(H,21,25). The third kappa shape index (κ3) is 4.33. The Labute approximate surface area is 157 Å². The minimum atomic E-state index is -0.370. The van der Waals surface area contributed by atoms with E-state index in [4.69, 9.17) is 0 Å². The molecule has 1 N–H and O–H groups in total. The van der Waals surface area contributed by atoms with Crippen molar-refractivity contribution in [1.82, 2.24) is 14.5 Å². The summed E-state index contributed by atoms with van der Waals surface area (Å²) in [5.41, 5.74) is 0.487. The van der Waals surface area contributed by atoms with Gasteiger partial charge in [0.15, 0.2) is 0 Å². The first-order chi connectivity index (χ1) is 13.0. The van der Waals surface area contributed by atoms with Gasteiger partial charge in [-0.1, -0.05) is 6.07 Å². The van der Waals surface area contributed by atoms with Crippen LogP contribution in [0, 0.1) is 6.92 Å². The third-order valence-corrected chi connectivity index (χ3v) is 4.60. The van der Waals surface area contributed by atoms with E-state index < -0.39 is 0 Å².